The van der Waals surface area contributed by atoms with E-state index in [1.807, 2.05) is 6.92 Å². The van der Waals surface area contributed by atoms with E-state index in [2.05, 4.69) is 17.6 Å². The molecular weight excluding hydrogens is 271 g/mol. The van der Waals surface area contributed by atoms with Crippen LogP contribution in [0.3, 0.4) is 0 Å². The van der Waals surface area contributed by atoms with E-state index in [0.717, 1.165) is 12.1 Å². The van der Waals surface area contributed by atoms with Gasteiger partial charge >= 0.3 is 0 Å². The zero-order valence-electron chi connectivity index (χ0n) is 10.4. The van der Waals surface area contributed by atoms with E-state index in [1.165, 1.54) is 0 Å². The molecule has 2 atom stereocenters. The minimum atomic E-state index is -0.0128. The Morgan fingerprint density at radius 2 is 2.06 bits per heavy atom. The number of nitrogens with one attached hydrogen (secondary N) is 2. The molecule has 0 bridgehead atoms. The van der Waals surface area contributed by atoms with Gasteiger partial charge in [0, 0.05) is 11.6 Å². The molecule has 1 amide bonds. The van der Waals surface area contributed by atoms with Crippen molar-refractivity contribution < 1.29 is 4.79 Å². The number of hydrogen-bond acceptors (Lipinski definition) is 2. The van der Waals surface area contributed by atoms with Gasteiger partial charge in [-0.05, 0) is 37.1 Å². The maximum atomic E-state index is 12.1. The summed E-state index contributed by atoms with van der Waals surface area (Å²) in [5.74, 6) is 0.320. The molecule has 3 nitrogen and oxygen atoms in total. The highest BCUT2D eigenvalue weighted by molar-refractivity contribution is 6.36. The molecule has 0 aromatic heterocycles. The van der Waals surface area contributed by atoms with Crippen molar-refractivity contribution in [3.05, 3.63) is 27.7 Å². The Morgan fingerprint density at radius 3 is 2.67 bits per heavy atom. The lowest BCUT2D eigenvalue weighted by atomic mass is 9.97. The highest BCUT2D eigenvalue weighted by Gasteiger charge is 2.29. The van der Waals surface area contributed by atoms with Gasteiger partial charge in [-0.3, -0.25) is 4.79 Å². The van der Waals surface area contributed by atoms with Gasteiger partial charge in [0.25, 0.3) is 0 Å². The van der Waals surface area contributed by atoms with Crippen molar-refractivity contribution in [1.82, 2.24) is 5.32 Å². The van der Waals surface area contributed by atoms with Crippen LogP contribution in [-0.4, -0.2) is 19.0 Å². The van der Waals surface area contributed by atoms with Crippen LogP contribution in [0, 0.1) is 18.8 Å². The van der Waals surface area contributed by atoms with Gasteiger partial charge in [-0.2, -0.15) is 0 Å². The number of halogens is 2. The van der Waals surface area contributed by atoms with Gasteiger partial charge < -0.3 is 10.6 Å². The standard InChI is InChI=1S/C13H16Cl2N2O/c1-7-3-11(15)12(4-10(7)14)17-13(18)9-6-16-5-8(9)2/h3-4,8-9,16H,5-6H2,1-2H3,(H,17,18)/t8-,9-/m1/s1. The molecular formula is C13H16Cl2N2O. The highest BCUT2D eigenvalue weighted by Crippen LogP contribution is 2.29. The van der Waals surface area contributed by atoms with Gasteiger partial charge in [-0.15, -0.1) is 0 Å². The molecule has 0 spiro atoms. The Balaban J connectivity index is 2.14. The van der Waals surface area contributed by atoms with E-state index < -0.39 is 0 Å². The highest BCUT2D eigenvalue weighted by atomic mass is 35.5. The van der Waals surface area contributed by atoms with Gasteiger partial charge in [0.1, 0.15) is 0 Å². The van der Waals surface area contributed by atoms with E-state index in [9.17, 15) is 4.79 Å². The lowest BCUT2D eigenvalue weighted by Crippen LogP contribution is -2.27. The first kappa shape index (κ1) is 13.7. The molecule has 1 saturated heterocycles. The minimum absolute atomic E-state index is 0.00526. The third-order valence-electron chi connectivity index (χ3n) is 3.36. The van der Waals surface area contributed by atoms with E-state index >= 15 is 0 Å². The summed E-state index contributed by atoms with van der Waals surface area (Å²) in [7, 11) is 0. The summed E-state index contributed by atoms with van der Waals surface area (Å²) in [6, 6.07) is 3.46. The summed E-state index contributed by atoms with van der Waals surface area (Å²) in [6.07, 6.45) is 0. The summed E-state index contributed by atoms with van der Waals surface area (Å²) in [5.41, 5.74) is 1.48. The molecule has 5 heteroatoms. The fraction of sp³-hybridized carbons (Fsp3) is 0.462. The number of anilines is 1. The number of carbonyl (C=O) groups excluding carboxylic acids is 1. The molecule has 1 aromatic carbocycles. The van der Waals surface area contributed by atoms with Gasteiger partial charge in [-0.25, -0.2) is 0 Å². The molecule has 1 fully saturated rings. The fourth-order valence-electron chi connectivity index (χ4n) is 2.13. The van der Waals surface area contributed by atoms with Crippen LogP contribution in [0.1, 0.15) is 12.5 Å². The number of amides is 1. The number of hydrogen-bond donors (Lipinski definition) is 2. The Kier molecular flexibility index (Phi) is 4.15. The van der Waals surface area contributed by atoms with Crippen LogP contribution in [0.4, 0.5) is 5.69 Å². The summed E-state index contributed by atoms with van der Waals surface area (Å²) >= 11 is 12.1. The first-order chi connectivity index (χ1) is 8.49. The SMILES string of the molecule is Cc1cc(Cl)c(NC(=O)[C@@H]2CNC[C@H]2C)cc1Cl. The Morgan fingerprint density at radius 1 is 1.33 bits per heavy atom. The van der Waals surface area contributed by atoms with Gasteiger partial charge in [0.15, 0.2) is 0 Å². The predicted molar refractivity (Wildman–Crippen MR) is 75.4 cm³/mol. The van der Waals surface area contributed by atoms with Crippen LogP contribution in [0.15, 0.2) is 12.1 Å². The maximum absolute atomic E-state index is 12.1. The van der Waals surface area contributed by atoms with Gasteiger partial charge in [0.05, 0.1) is 16.6 Å². The predicted octanol–water partition coefficient (Wildman–Crippen LogP) is 3.10. The maximum Gasteiger partial charge on any atom is 0.229 e. The normalized spacial score (nSPS) is 23.1. The number of benzene rings is 1. The topological polar surface area (TPSA) is 41.1 Å². The smallest absolute Gasteiger partial charge is 0.229 e. The molecule has 0 radical (unpaired) electrons. The molecule has 1 aliphatic rings. The van der Waals surface area contributed by atoms with Gasteiger partial charge in [0.2, 0.25) is 5.91 Å². The second-order valence-electron chi connectivity index (χ2n) is 4.81. The summed E-state index contributed by atoms with van der Waals surface area (Å²) in [6.45, 7) is 5.53. The zero-order valence-corrected chi connectivity index (χ0v) is 11.9. The summed E-state index contributed by atoms with van der Waals surface area (Å²) in [5, 5.41) is 7.18. The third kappa shape index (κ3) is 2.79. The monoisotopic (exact) mass is 286 g/mol. The van der Waals surface area contributed by atoms with Crippen LogP contribution >= 0.6 is 23.2 Å². The Labute approximate surface area is 117 Å². The molecule has 1 aliphatic heterocycles. The third-order valence-corrected chi connectivity index (χ3v) is 4.08. The first-order valence-electron chi connectivity index (χ1n) is 5.96. The largest absolute Gasteiger partial charge is 0.324 e. The van der Waals surface area contributed by atoms with E-state index in [1.54, 1.807) is 12.1 Å². The quantitative estimate of drug-likeness (QED) is 0.877. The van der Waals surface area contributed by atoms with Crippen LogP contribution in [-0.2, 0) is 4.79 Å². The van der Waals surface area contributed by atoms with Crippen molar-refractivity contribution in [2.24, 2.45) is 11.8 Å². The average molecular weight is 287 g/mol. The molecule has 1 aromatic rings. The van der Waals surface area contributed by atoms with Crippen molar-refractivity contribution in [3.63, 3.8) is 0 Å². The second-order valence-corrected chi connectivity index (χ2v) is 5.63. The fourth-order valence-corrected chi connectivity index (χ4v) is 2.56. The lowest BCUT2D eigenvalue weighted by molar-refractivity contribution is -0.120. The van der Waals surface area contributed by atoms with Crippen molar-refractivity contribution in [1.29, 1.82) is 0 Å². The molecule has 2 rings (SSSR count). The number of carbonyl (C=O) groups is 1. The zero-order chi connectivity index (χ0) is 13.3. The molecule has 18 heavy (non-hydrogen) atoms. The van der Waals surface area contributed by atoms with Crippen molar-refractivity contribution in [3.8, 4) is 0 Å². The van der Waals surface area contributed by atoms with Crippen molar-refractivity contribution >= 4 is 34.8 Å². The van der Waals surface area contributed by atoms with E-state index in [4.69, 9.17) is 23.2 Å². The summed E-state index contributed by atoms with van der Waals surface area (Å²) < 4.78 is 0. The lowest BCUT2D eigenvalue weighted by Gasteiger charge is -2.15. The molecule has 0 unspecified atom stereocenters. The number of aryl methyl sites for hydroxylation is 1. The molecule has 2 N–H and O–H groups in total. The van der Waals surface area contributed by atoms with Crippen LogP contribution in [0.5, 0.6) is 0 Å². The van der Waals surface area contributed by atoms with E-state index in [0.29, 0.717) is 28.2 Å². The summed E-state index contributed by atoms with van der Waals surface area (Å²) in [4.78, 5) is 12.1. The van der Waals surface area contributed by atoms with Gasteiger partial charge in [-0.1, -0.05) is 30.1 Å². The van der Waals surface area contributed by atoms with Crippen molar-refractivity contribution in [2.75, 3.05) is 18.4 Å². The van der Waals surface area contributed by atoms with E-state index in [-0.39, 0.29) is 11.8 Å². The number of rotatable bonds is 2. The Bertz CT molecular complexity index is 476. The average Bonchev–Trinajstić information content (AvgIpc) is 2.72. The van der Waals surface area contributed by atoms with Crippen LogP contribution < -0.4 is 10.6 Å². The Hall–Kier alpha value is -0.770. The van der Waals surface area contributed by atoms with Crippen LogP contribution in [0.25, 0.3) is 0 Å². The molecule has 98 valence electrons. The molecule has 1 heterocycles. The minimum Gasteiger partial charge on any atom is -0.324 e. The first-order valence-corrected chi connectivity index (χ1v) is 6.72. The molecule has 0 aliphatic carbocycles. The van der Waals surface area contributed by atoms with Crippen LogP contribution in [0.2, 0.25) is 10.0 Å². The second kappa shape index (κ2) is 5.47. The molecule has 0 saturated carbocycles. The van der Waals surface area contributed by atoms with Crippen molar-refractivity contribution in [2.45, 2.75) is 13.8 Å².